The molecule has 1 aromatic heterocycles. The third-order valence-electron chi connectivity index (χ3n) is 3.44. The molecule has 3 heterocycles. The lowest BCUT2D eigenvalue weighted by molar-refractivity contribution is -0.129. The number of carbonyl (C=O) groups excluding carboxylic acids is 1. The van der Waals surface area contributed by atoms with E-state index in [1.807, 2.05) is 11.0 Å². The second kappa shape index (κ2) is 4.25. The molecule has 90 valence electrons. The van der Waals surface area contributed by atoms with Gasteiger partial charge in [-0.2, -0.15) is 0 Å². The van der Waals surface area contributed by atoms with Gasteiger partial charge in [0, 0.05) is 38.2 Å². The summed E-state index contributed by atoms with van der Waals surface area (Å²) in [5.41, 5.74) is 0. The highest BCUT2D eigenvalue weighted by Gasteiger charge is 2.35. The fourth-order valence-corrected chi connectivity index (χ4v) is 2.87. The molecule has 1 amide bonds. The molecule has 5 nitrogen and oxygen atoms in total. The van der Waals surface area contributed by atoms with Crippen molar-refractivity contribution < 1.29 is 4.79 Å². The van der Waals surface area contributed by atoms with Crippen LogP contribution in [0.5, 0.6) is 0 Å². The van der Waals surface area contributed by atoms with E-state index < -0.39 is 0 Å². The summed E-state index contributed by atoms with van der Waals surface area (Å²) < 4.78 is 0.799. The number of amides is 1. The standard InChI is InChI=1S/C11H13BrN4O/c12-9-5-10(14-7-13-9)15-3-4-16-8(6-15)1-2-11(16)17/h5,7-8H,1-4,6H2. The minimum Gasteiger partial charge on any atom is -0.353 e. The van der Waals surface area contributed by atoms with Crippen LogP contribution in [0.2, 0.25) is 0 Å². The molecular formula is C11H13BrN4O. The molecule has 0 saturated carbocycles. The fraction of sp³-hybridized carbons (Fsp3) is 0.545. The number of carbonyl (C=O) groups is 1. The number of aromatic nitrogens is 2. The van der Waals surface area contributed by atoms with Crippen LogP contribution >= 0.6 is 15.9 Å². The molecule has 1 aromatic rings. The van der Waals surface area contributed by atoms with Gasteiger partial charge >= 0.3 is 0 Å². The van der Waals surface area contributed by atoms with Gasteiger partial charge in [-0.05, 0) is 22.4 Å². The minimum atomic E-state index is 0.304. The molecule has 0 radical (unpaired) electrons. The Morgan fingerprint density at radius 3 is 3.06 bits per heavy atom. The molecule has 0 spiro atoms. The maximum atomic E-state index is 11.6. The van der Waals surface area contributed by atoms with E-state index in [0.29, 0.717) is 18.4 Å². The van der Waals surface area contributed by atoms with Crippen LogP contribution in [0, 0.1) is 0 Å². The lowest BCUT2D eigenvalue weighted by Gasteiger charge is -2.38. The smallest absolute Gasteiger partial charge is 0.223 e. The van der Waals surface area contributed by atoms with E-state index in [4.69, 9.17) is 0 Å². The van der Waals surface area contributed by atoms with Crippen LogP contribution in [0.1, 0.15) is 12.8 Å². The second-order valence-corrected chi connectivity index (χ2v) is 5.24. The van der Waals surface area contributed by atoms with Gasteiger partial charge in [0.15, 0.2) is 0 Å². The van der Waals surface area contributed by atoms with E-state index in [1.54, 1.807) is 6.33 Å². The SMILES string of the molecule is O=C1CCC2CN(c3cc(Br)ncn3)CCN12. The number of fused-ring (bicyclic) bond motifs is 1. The van der Waals surface area contributed by atoms with Crippen LogP contribution < -0.4 is 4.90 Å². The van der Waals surface area contributed by atoms with Gasteiger partial charge in [-0.15, -0.1) is 0 Å². The van der Waals surface area contributed by atoms with Crippen LogP contribution in [0.25, 0.3) is 0 Å². The van der Waals surface area contributed by atoms with E-state index in [-0.39, 0.29) is 0 Å². The Labute approximate surface area is 108 Å². The lowest BCUT2D eigenvalue weighted by Crippen LogP contribution is -2.51. The zero-order valence-electron chi connectivity index (χ0n) is 9.34. The van der Waals surface area contributed by atoms with Crippen molar-refractivity contribution >= 4 is 27.7 Å². The van der Waals surface area contributed by atoms with Crippen LogP contribution in [-0.2, 0) is 4.79 Å². The number of hydrogen-bond acceptors (Lipinski definition) is 4. The Morgan fingerprint density at radius 2 is 2.24 bits per heavy atom. The average molecular weight is 297 g/mol. The van der Waals surface area contributed by atoms with Crippen molar-refractivity contribution in [3.8, 4) is 0 Å². The predicted molar refractivity (Wildman–Crippen MR) is 66.7 cm³/mol. The van der Waals surface area contributed by atoms with E-state index in [9.17, 15) is 4.79 Å². The number of rotatable bonds is 1. The Bertz CT molecular complexity index is 453. The quantitative estimate of drug-likeness (QED) is 0.727. The first-order valence-corrected chi connectivity index (χ1v) is 6.55. The Balaban J connectivity index is 1.77. The summed E-state index contributed by atoms with van der Waals surface area (Å²) >= 11 is 3.35. The molecule has 1 unspecified atom stereocenters. The number of hydrogen-bond donors (Lipinski definition) is 0. The van der Waals surface area contributed by atoms with Gasteiger partial charge in [-0.25, -0.2) is 9.97 Å². The molecule has 0 N–H and O–H groups in total. The minimum absolute atomic E-state index is 0.304. The number of piperazine rings is 1. The molecule has 0 aliphatic carbocycles. The highest BCUT2D eigenvalue weighted by atomic mass is 79.9. The maximum absolute atomic E-state index is 11.6. The van der Waals surface area contributed by atoms with E-state index in [0.717, 1.165) is 36.5 Å². The van der Waals surface area contributed by atoms with Crippen molar-refractivity contribution in [1.29, 1.82) is 0 Å². The molecule has 2 fully saturated rings. The summed E-state index contributed by atoms with van der Waals surface area (Å²) in [5, 5.41) is 0. The lowest BCUT2D eigenvalue weighted by atomic mass is 10.1. The topological polar surface area (TPSA) is 49.3 Å². The Kier molecular flexibility index (Phi) is 2.74. The predicted octanol–water partition coefficient (Wildman–Crippen LogP) is 1.05. The number of halogens is 1. The Hall–Kier alpha value is -1.17. The molecule has 3 rings (SSSR count). The molecule has 2 aliphatic heterocycles. The summed E-state index contributed by atoms with van der Waals surface area (Å²) in [6.07, 6.45) is 3.24. The number of anilines is 1. The molecular weight excluding hydrogens is 284 g/mol. The molecule has 6 heteroatoms. The van der Waals surface area contributed by atoms with Gasteiger partial charge < -0.3 is 9.80 Å². The largest absolute Gasteiger partial charge is 0.353 e. The monoisotopic (exact) mass is 296 g/mol. The first-order valence-electron chi connectivity index (χ1n) is 5.76. The summed E-state index contributed by atoms with van der Waals surface area (Å²) in [7, 11) is 0. The molecule has 17 heavy (non-hydrogen) atoms. The molecule has 2 saturated heterocycles. The van der Waals surface area contributed by atoms with Crippen molar-refractivity contribution in [3.63, 3.8) is 0 Å². The van der Waals surface area contributed by atoms with Crippen molar-refractivity contribution in [1.82, 2.24) is 14.9 Å². The highest BCUT2D eigenvalue weighted by Crippen LogP contribution is 2.25. The van der Waals surface area contributed by atoms with Crippen LogP contribution in [0.15, 0.2) is 17.0 Å². The summed E-state index contributed by atoms with van der Waals surface area (Å²) in [6.45, 7) is 2.55. The summed E-state index contributed by atoms with van der Waals surface area (Å²) in [6, 6.07) is 2.29. The van der Waals surface area contributed by atoms with Gasteiger partial charge in [0.05, 0.1) is 0 Å². The van der Waals surface area contributed by atoms with Gasteiger partial charge in [0.1, 0.15) is 16.7 Å². The molecule has 0 aromatic carbocycles. The summed E-state index contributed by atoms with van der Waals surface area (Å²) in [5.74, 6) is 1.24. The van der Waals surface area contributed by atoms with Crippen LogP contribution in [0.3, 0.4) is 0 Å². The van der Waals surface area contributed by atoms with Gasteiger partial charge in [-0.3, -0.25) is 4.79 Å². The van der Waals surface area contributed by atoms with Crippen molar-refractivity contribution in [2.24, 2.45) is 0 Å². The van der Waals surface area contributed by atoms with Gasteiger partial charge in [0.2, 0.25) is 5.91 Å². The van der Waals surface area contributed by atoms with E-state index >= 15 is 0 Å². The fourth-order valence-electron chi connectivity index (χ4n) is 2.57. The highest BCUT2D eigenvalue weighted by molar-refractivity contribution is 9.10. The van der Waals surface area contributed by atoms with Crippen LogP contribution in [0.4, 0.5) is 5.82 Å². The van der Waals surface area contributed by atoms with Crippen molar-refractivity contribution in [2.45, 2.75) is 18.9 Å². The average Bonchev–Trinajstić information content (AvgIpc) is 2.71. The van der Waals surface area contributed by atoms with Crippen molar-refractivity contribution in [3.05, 3.63) is 17.0 Å². The first-order chi connectivity index (χ1) is 8.24. The van der Waals surface area contributed by atoms with E-state index in [2.05, 4.69) is 30.8 Å². The zero-order valence-corrected chi connectivity index (χ0v) is 10.9. The van der Waals surface area contributed by atoms with Crippen molar-refractivity contribution in [2.75, 3.05) is 24.5 Å². The van der Waals surface area contributed by atoms with E-state index in [1.165, 1.54) is 0 Å². The normalized spacial score (nSPS) is 24.1. The molecule has 1 atom stereocenters. The second-order valence-electron chi connectivity index (χ2n) is 4.42. The van der Waals surface area contributed by atoms with Gasteiger partial charge in [-0.1, -0.05) is 0 Å². The maximum Gasteiger partial charge on any atom is 0.223 e. The number of nitrogens with zero attached hydrogens (tertiary/aromatic N) is 4. The van der Waals surface area contributed by atoms with Crippen LogP contribution in [-0.4, -0.2) is 46.5 Å². The third kappa shape index (κ3) is 2.01. The third-order valence-corrected chi connectivity index (χ3v) is 3.87. The molecule has 2 aliphatic rings. The Morgan fingerprint density at radius 1 is 1.35 bits per heavy atom. The van der Waals surface area contributed by atoms with Gasteiger partial charge in [0.25, 0.3) is 0 Å². The summed E-state index contributed by atoms with van der Waals surface area (Å²) in [4.78, 5) is 24.1. The zero-order chi connectivity index (χ0) is 11.8. The molecule has 0 bridgehead atoms. The first kappa shape index (κ1) is 11.0.